The average molecular weight is 258 g/mol. The van der Waals surface area contributed by atoms with E-state index in [0.29, 0.717) is 25.1 Å². The first-order valence-electron chi connectivity index (χ1n) is 5.86. The highest BCUT2D eigenvalue weighted by Gasteiger charge is 2.14. The van der Waals surface area contributed by atoms with Gasteiger partial charge >= 0.3 is 0 Å². The SMILES string of the molecule is O=c1[nH]cnc(NCCOC2CCCC2)c1Cl. The first kappa shape index (κ1) is 12.4. The number of aromatic nitrogens is 2. The number of anilines is 1. The molecule has 0 saturated heterocycles. The minimum atomic E-state index is -0.333. The standard InChI is InChI=1S/C11H16ClN3O2/c12-9-10(14-7-15-11(9)16)13-5-6-17-8-3-1-2-4-8/h7-8H,1-6H2,(H2,13,14,15,16). The van der Waals surface area contributed by atoms with Gasteiger partial charge in [0.2, 0.25) is 0 Å². The fraction of sp³-hybridized carbons (Fsp3) is 0.636. The summed E-state index contributed by atoms with van der Waals surface area (Å²) in [6.45, 7) is 1.21. The second kappa shape index (κ2) is 6.02. The molecule has 2 rings (SSSR count). The molecule has 0 bridgehead atoms. The van der Waals surface area contributed by atoms with Crippen molar-refractivity contribution in [3.63, 3.8) is 0 Å². The summed E-state index contributed by atoms with van der Waals surface area (Å²) >= 11 is 5.79. The fourth-order valence-electron chi connectivity index (χ4n) is 1.96. The van der Waals surface area contributed by atoms with Crippen molar-refractivity contribution in [1.82, 2.24) is 9.97 Å². The van der Waals surface area contributed by atoms with Crippen LogP contribution in [0, 0.1) is 0 Å². The van der Waals surface area contributed by atoms with Gasteiger partial charge < -0.3 is 15.0 Å². The van der Waals surface area contributed by atoms with Crippen LogP contribution in [0.1, 0.15) is 25.7 Å². The van der Waals surface area contributed by atoms with Crippen LogP contribution < -0.4 is 10.9 Å². The monoisotopic (exact) mass is 257 g/mol. The predicted octanol–water partition coefficient (Wildman–Crippen LogP) is 1.79. The van der Waals surface area contributed by atoms with Gasteiger partial charge in [-0.25, -0.2) is 4.98 Å². The minimum Gasteiger partial charge on any atom is -0.376 e. The van der Waals surface area contributed by atoms with Gasteiger partial charge in [0.15, 0.2) is 5.82 Å². The van der Waals surface area contributed by atoms with Crippen LogP contribution in [0.3, 0.4) is 0 Å². The van der Waals surface area contributed by atoms with Crippen molar-refractivity contribution < 1.29 is 4.74 Å². The molecule has 1 aromatic rings. The van der Waals surface area contributed by atoms with Crippen molar-refractivity contribution in [2.24, 2.45) is 0 Å². The van der Waals surface area contributed by atoms with Gasteiger partial charge in [-0.3, -0.25) is 4.79 Å². The number of aromatic amines is 1. The molecular formula is C11H16ClN3O2. The first-order valence-corrected chi connectivity index (χ1v) is 6.24. The van der Waals surface area contributed by atoms with Crippen molar-refractivity contribution in [2.45, 2.75) is 31.8 Å². The van der Waals surface area contributed by atoms with Crippen LogP contribution in [0.25, 0.3) is 0 Å². The van der Waals surface area contributed by atoms with Crippen molar-refractivity contribution in [1.29, 1.82) is 0 Å². The van der Waals surface area contributed by atoms with E-state index in [1.165, 1.54) is 19.2 Å². The number of hydrogen-bond acceptors (Lipinski definition) is 4. The minimum absolute atomic E-state index is 0.0911. The van der Waals surface area contributed by atoms with E-state index in [1.807, 2.05) is 0 Å². The van der Waals surface area contributed by atoms with E-state index < -0.39 is 0 Å². The molecule has 17 heavy (non-hydrogen) atoms. The predicted molar refractivity (Wildman–Crippen MR) is 66.6 cm³/mol. The van der Waals surface area contributed by atoms with Gasteiger partial charge in [-0.2, -0.15) is 0 Å². The Hall–Kier alpha value is -1.07. The zero-order valence-electron chi connectivity index (χ0n) is 9.54. The number of rotatable bonds is 5. The topological polar surface area (TPSA) is 67.0 Å². The van der Waals surface area contributed by atoms with Gasteiger partial charge in [-0.1, -0.05) is 24.4 Å². The van der Waals surface area contributed by atoms with Crippen LogP contribution >= 0.6 is 11.6 Å². The Morgan fingerprint density at radius 2 is 2.29 bits per heavy atom. The Kier molecular flexibility index (Phi) is 4.39. The third kappa shape index (κ3) is 3.44. The quantitative estimate of drug-likeness (QED) is 0.790. The van der Waals surface area contributed by atoms with Gasteiger partial charge in [0.1, 0.15) is 5.02 Å². The molecule has 1 saturated carbocycles. The highest BCUT2D eigenvalue weighted by Crippen LogP contribution is 2.20. The molecular weight excluding hydrogens is 242 g/mol. The van der Waals surface area contributed by atoms with Crippen molar-refractivity contribution in [2.75, 3.05) is 18.5 Å². The van der Waals surface area contributed by atoms with E-state index in [0.717, 1.165) is 12.8 Å². The van der Waals surface area contributed by atoms with Crippen LogP contribution in [0.4, 0.5) is 5.82 Å². The number of nitrogens with one attached hydrogen (secondary N) is 2. The van der Waals surface area contributed by atoms with Crippen LogP contribution in [0.15, 0.2) is 11.1 Å². The summed E-state index contributed by atoms with van der Waals surface area (Å²) in [6.07, 6.45) is 6.57. The van der Waals surface area contributed by atoms with Crippen LogP contribution in [-0.2, 0) is 4.74 Å². The molecule has 0 amide bonds. The average Bonchev–Trinajstić information content (AvgIpc) is 2.83. The summed E-state index contributed by atoms with van der Waals surface area (Å²) in [5.41, 5.74) is -0.333. The Morgan fingerprint density at radius 1 is 1.53 bits per heavy atom. The molecule has 1 heterocycles. The van der Waals surface area contributed by atoms with Crippen LogP contribution in [0.5, 0.6) is 0 Å². The molecule has 1 aliphatic rings. The molecule has 0 unspecified atom stereocenters. The van der Waals surface area contributed by atoms with Gasteiger partial charge in [-0.15, -0.1) is 0 Å². The highest BCUT2D eigenvalue weighted by molar-refractivity contribution is 6.32. The van der Waals surface area contributed by atoms with Crippen molar-refractivity contribution >= 4 is 17.4 Å². The lowest BCUT2D eigenvalue weighted by atomic mass is 10.3. The third-order valence-corrected chi connectivity index (χ3v) is 3.20. The Morgan fingerprint density at radius 3 is 3.06 bits per heavy atom. The molecule has 0 spiro atoms. The molecule has 0 aromatic carbocycles. The second-order valence-electron chi connectivity index (χ2n) is 4.10. The summed E-state index contributed by atoms with van der Waals surface area (Å²) in [5, 5.41) is 3.08. The zero-order valence-corrected chi connectivity index (χ0v) is 10.3. The molecule has 2 N–H and O–H groups in total. The molecule has 94 valence electrons. The molecule has 1 fully saturated rings. The number of hydrogen-bond donors (Lipinski definition) is 2. The van der Waals surface area contributed by atoms with Gasteiger partial charge in [0.25, 0.3) is 5.56 Å². The Bertz CT molecular complexity index is 415. The lowest BCUT2D eigenvalue weighted by molar-refractivity contribution is 0.0658. The van der Waals surface area contributed by atoms with Gasteiger partial charge in [-0.05, 0) is 12.8 Å². The highest BCUT2D eigenvalue weighted by atomic mass is 35.5. The van der Waals surface area contributed by atoms with E-state index in [-0.39, 0.29) is 10.6 Å². The molecule has 6 heteroatoms. The third-order valence-electron chi connectivity index (χ3n) is 2.85. The van der Waals surface area contributed by atoms with E-state index in [4.69, 9.17) is 16.3 Å². The lowest BCUT2D eigenvalue weighted by Crippen LogP contribution is -2.18. The maximum atomic E-state index is 11.2. The first-order chi connectivity index (χ1) is 8.27. The second-order valence-corrected chi connectivity index (χ2v) is 4.48. The van der Waals surface area contributed by atoms with Crippen molar-refractivity contribution in [3.8, 4) is 0 Å². The molecule has 1 aliphatic carbocycles. The van der Waals surface area contributed by atoms with Crippen LogP contribution in [0.2, 0.25) is 5.02 Å². The lowest BCUT2D eigenvalue weighted by Gasteiger charge is -2.11. The molecule has 5 nitrogen and oxygen atoms in total. The summed E-state index contributed by atoms with van der Waals surface area (Å²) in [7, 11) is 0. The molecule has 1 aromatic heterocycles. The van der Waals surface area contributed by atoms with Crippen LogP contribution in [-0.4, -0.2) is 29.2 Å². The maximum absolute atomic E-state index is 11.2. The Labute approximate surface area is 105 Å². The summed E-state index contributed by atoms with van der Waals surface area (Å²) in [5.74, 6) is 0.408. The molecule has 0 radical (unpaired) electrons. The van der Waals surface area contributed by atoms with E-state index in [1.54, 1.807) is 0 Å². The number of halogens is 1. The zero-order chi connectivity index (χ0) is 12.1. The summed E-state index contributed by atoms with van der Waals surface area (Å²) in [4.78, 5) is 17.5. The van der Waals surface area contributed by atoms with Crippen molar-refractivity contribution in [3.05, 3.63) is 21.7 Å². The number of nitrogens with zero attached hydrogens (tertiary/aromatic N) is 1. The van der Waals surface area contributed by atoms with E-state index in [9.17, 15) is 4.79 Å². The number of H-pyrrole nitrogens is 1. The van der Waals surface area contributed by atoms with Gasteiger partial charge in [0.05, 0.1) is 19.0 Å². The fourth-order valence-corrected chi connectivity index (χ4v) is 2.13. The maximum Gasteiger partial charge on any atom is 0.271 e. The van der Waals surface area contributed by atoms with E-state index in [2.05, 4.69) is 15.3 Å². The summed E-state index contributed by atoms with van der Waals surface area (Å²) < 4.78 is 5.68. The largest absolute Gasteiger partial charge is 0.376 e. The Balaban J connectivity index is 1.74. The van der Waals surface area contributed by atoms with E-state index >= 15 is 0 Å². The molecule has 0 atom stereocenters. The van der Waals surface area contributed by atoms with Gasteiger partial charge in [0, 0.05) is 6.54 Å². The number of ether oxygens (including phenoxy) is 1. The summed E-state index contributed by atoms with van der Waals surface area (Å²) in [6, 6.07) is 0. The smallest absolute Gasteiger partial charge is 0.271 e. The normalized spacial score (nSPS) is 16.3. The molecule has 0 aliphatic heterocycles.